The largest absolute Gasteiger partial charge is 0.480 e. The Hall–Kier alpha value is -0.610. The maximum Gasteiger partial charge on any atom is 0.317 e. The fourth-order valence-electron chi connectivity index (χ4n) is 2.10. The maximum atomic E-state index is 10.4. The van der Waals surface area contributed by atoms with Crippen LogP contribution in [0.3, 0.4) is 0 Å². The molecule has 2 aliphatic rings. The van der Waals surface area contributed by atoms with Gasteiger partial charge in [0.25, 0.3) is 0 Å². The molecule has 4 nitrogen and oxygen atoms in total. The molecule has 2 aliphatic heterocycles. The summed E-state index contributed by atoms with van der Waals surface area (Å²) in [5.41, 5.74) is 0. The lowest BCUT2D eigenvalue weighted by atomic mass is 10.0. The highest BCUT2D eigenvalue weighted by molar-refractivity contribution is 5.69. The van der Waals surface area contributed by atoms with Crippen LogP contribution in [0.2, 0.25) is 0 Å². The first-order chi connectivity index (χ1) is 5.75. The highest BCUT2D eigenvalue weighted by atomic mass is 16.5. The van der Waals surface area contributed by atoms with Crippen LogP contribution >= 0.6 is 0 Å². The number of carboxylic acid groups (broad SMARTS) is 1. The number of carboxylic acids is 1. The molecule has 0 aliphatic carbocycles. The van der Waals surface area contributed by atoms with Gasteiger partial charge in [-0.3, -0.25) is 9.69 Å². The molecule has 1 N–H and O–H groups in total. The van der Waals surface area contributed by atoms with E-state index < -0.39 is 5.97 Å². The van der Waals surface area contributed by atoms with Crippen molar-refractivity contribution in [2.75, 3.05) is 32.8 Å². The van der Waals surface area contributed by atoms with E-state index in [2.05, 4.69) is 0 Å². The van der Waals surface area contributed by atoms with Gasteiger partial charge < -0.3 is 9.84 Å². The van der Waals surface area contributed by atoms with Crippen molar-refractivity contribution in [3.05, 3.63) is 0 Å². The Morgan fingerprint density at radius 1 is 1.42 bits per heavy atom. The van der Waals surface area contributed by atoms with E-state index in [9.17, 15) is 4.79 Å². The molecular formula is C8H13NO3. The Balaban J connectivity index is 1.86. The first kappa shape index (κ1) is 8.01. The van der Waals surface area contributed by atoms with E-state index in [1.807, 2.05) is 4.90 Å². The highest BCUT2D eigenvalue weighted by Crippen LogP contribution is 2.28. The fourth-order valence-corrected chi connectivity index (χ4v) is 2.10. The summed E-state index contributed by atoms with van der Waals surface area (Å²) in [6, 6.07) is 0. The second kappa shape index (κ2) is 3.03. The number of hydrogen-bond donors (Lipinski definition) is 1. The van der Waals surface area contributed by atoms with E-state index in [1.54, 1.807) is 0 Å². The molecule has 2 heterocycles. The molecule has 4 heteroatoms. The van der Waals surface area contributed by atoms with Gasteiger partial charge >= 0.3 is 5.97 Å². The number of hydrogen-bond acceptors (Lipinski definition) is 3. The molecule has 0 spiro atoms. The summed E-state index contributed by atoms with van der Waals surface area (Å²) in [6.07, 6.45) is 0. The predicted octanol–water partition coefficient (Wildman–Crippen LogP) is -0.351. The molecule has 2 fully saturated rings. The summed E-state index contributed by atoms with van der Waals surface area (Å²) in [4.78, 5) is 12.4. The standard InChI is InChI=1S/C8H13NO3/c10-8(11)3-9-1-6-4-12-5-7(6)2-9/h6-7H,1-5H2,(H,10,11)/t6-,7+. The molecule has 0 bridgehead atoms. The van der Waals surface area contributed by atoms with Crippen LogP contribution in [0.1, 0.15) is 0 Å². The van der Waals surface area contributed by atoms with Crippen molar-refractivity contribution in [1.29, 1.82) is 0 Å². The quantitative estimate of drug-likeness (QED) is 0.617. The Morgan fingerprint density at radius 2 is 2.00 bits per heavy atom. The molecule has 0 aromatic heterocycles. The van der Waals surface area contributed by atoms with Gasteiger partial charge in [0.1, 0.15) is 0 Å². The molecule has 0 saturated carbocycles. The van der Waals surface area contributed by atoms with Crippen molar-refractivity contribution in [3.8, 4) is 0 Å². The zero-order valence-corrected chi connectivity index (χ0v) is 6.90. The molecule has 68 valence electrons. The van der Waals surface area contributed by atoms with Gasteiger partial charge in [-0.1, -0.05) is 0 Å². The lowest BCUT2D eigenvalue weighted by molar-refractivity contribution is -0.138. The van der Waals surface area contributed by atoms with Crippen molar-refractivity contribution in [2.24, 2.45) is 11.8 Å². The van der Waals surface area contributed by atoms with Crippen molar-refractivity contribution in [1.82, 2.24) is 4.90 Å². The summed E-state index contributed by atoms with van der Waals surface area (Å²) < 4.78 is 5.29. The first-order valence-corrected chi connectivity index (χ1v) is 4.27. The second-order valence-corrected chi connectivity index (χ2v) is 3.65. The minimum Gasteiger partial charge on any atom is -0.480 e. The van der Waals surface area contributed by atoms with Crippen LogP contribution in [0.4, 0.5) is 0 Å². The number of ether oxygens (including phenoxy) is 1. The van der Waals surface area contributed by atoms with E-state index in [0.717, 1.165) is 26.3 Å². The lowest BCUT2D eigenvalue weighted by Crippen LogP contribution is -2.28. The lowest BCUT2D eigenvalue weighted by Gasteiger charge is -2.12. The van der Waals surface area contributed by atoms with Gasteiger partial charge in [0, 0.05) is 24.9 Å². The second-order valence-electron chi connectivity index (χ2n) is 3.65. The van der Waals surface area contributed by atoms with Crippen molar-refractivity contribution < 1.29 is 14.6 Å². The molecule has 0 amide bonds. The number of aliphatic carboxylic acids is 1. The zero-order valence-electron chi connectivity index (χ0n) is 6.90. The van der Waals surface area contributed by atoms with Gasteiger partial charge in [-0.05, 0) is 0 Å². The Kier molecular flexibility index (Phi) is 2.02. The number of likely N-dealkylation sites (tertiary alicyclic amines) is 1. The molecule has 2 rings (SSSR count). The summed E-state index contributed by atoms with van der Waals surface area (Å²) in [7, 11) is 0. The molecular weight excluding hydrogens is 158 g/mol. The first-order valence-electron chi connectivity index (χ1n) is 4.27. The predicted molar refractivity (Wildman–Crippen MR) is 41.9 cm³/mol. The molecule has 2 atom stereocenters. The fraction of sp³-hybridized carbons (Fsp3) is 0.875. The minimum atomic E-state index is -0.726. The van der Waals surface area contributed by atoms with Gasteiger partial charge in [0.15, 0.2) is 0 Å². The van der Waals surface area contributed by atoms with E-state index in [1.165, 1.54) is 0 Å². The summed E-state index contributed by atoms with van der Waals surface area (Å²) in [5, 5.41) is 8.56. The highest BCUT2D eigenvalue weighted by Gasteiger charge is 2.37. The molecule has 0 aromatic rings. The number of fused-ring (bicyclic) bond motifs is 1. The van der Waals surface area contributed by atoms with E-state index >= 15 is 0 Å². The molecule has 0 radical (unpaired) electrons. The van der Waals surface area contributed by atoms with Crippen LogP contribution < -0.4 is 0 Å². The number of rotatable bonds is 2. The van der Waals surface area contributed by atoms with Crippen LogP contribution in [0.25, 0.3) is 0 Å². The van der Waals surface area contributed by atoms with Gasteiger partial charge in [0.2, 0.25) is 0 Å². The molecule has 12 heavy (non-hydrogen) atoms. The molecule has 0 unspecified atom stereocenters. The van der Waals surface area contributed by atoms with Gasteiger partial charge in [-0.25, -0.2) is 0 Å². The average Bonchev–Trinajstić information content (AvgIpc) is 2.43. The topological polar surface area (TPSA) is 49.8 Å². The third-order valence-corrected chi connectivity index (χ3v) is 2.67. The van der Waals surface area contributed by atoms with E-state index in [4.69, 9.17) is 9.84 Å². The van der Waals surface area contributed by atoms with Crippen LogP contribution in [0.15, 0.2) is 0 Å². The van der Waals surface area contributed by atoms with Crippen molar-refractivity contribution >= 4 is 5.97 Å². The van der Waals surface area contributed by atoms with Crippen LogP contribution in [-0.4, -0.2) is 48.8 Å². The van der Waals surface area contributed by atoms with Crippen molar-refractivity contribution in [3.63, 3.8) is 0 Å². The maximum absolute atomic E-state index is 10.4. The zero-order chi connectivity index (χ0) is 8.55. The third kappa shape index (κ3) is 1.44. The summed E-state index contributed by atoms with van der Waals surface area (Å²) in [6.45, 7) is 3.63. The van der Waals surface area contributed by atoms with Gasteiger partial charge in [-0.2, -0.15) is 0 Å². The van der Waals surface area contributed by atoms with E-state index in [-0.39, 0.29) is 6.54 Å². The Labute approximate surface area is 71.1 Å². The third-order valence-electron chi connectivity index (χ3n) is 2.67. The number of carbonyl (C=O) groups is 1. The summed E-state index contributed by atoms with van der Waals surface area (Å²) in [5.74, 6) is 0.449. The van der Waals surface area contributed by atoms with Gasteiger partial charge in [-0.15, -0.1) is 0 Å². The molecule has 2 saturated heterocycles. The minimum absolute atomic E-state index is 0.188. The SMILES string of the molecule is O=C(O)CN1C[C@H]2COC[C@H]2C1. The normalized spacial score (nSPS) is 35.3. The van der Waals surface area contributed by atoms with Crippen LogP contribution in [0.5, 0.6) is 0 Å². The van der Waals surface area contributed by atoms with Gasteiger partial charge in [0.05, 0.1) is 19.8 Å². The Morgan fingerprint density at radius 3 is 2.50 bits per heavy atom. The smallest absolute Gasteiger partial charge is 0.317 e. The van der Waals surface area contributed by atoms with Crippen molar-refractivity contribution in [2.45, 2.75) is 0 Å². The summed E-state index contributed by atoms with van der Waals surface area (Å²) >= 11 is 0. The molecule has 0 aromatic carbocycles. The average molecular weight is 171 g/mol. The van der Waals surface area contributed by atoms with E-state index in [0.29, 0.717) is 11.8 Å². The van der Waals surface area contributed by atoms with Crippen LogP contribution in [-0.2, 0) is 9.53 Å². The van der Waals surface area contributed by atoms with Crippen LogP contribution in [0, 0.1) is 11.8 Å². The number of nitrogens with zero attached hydrogens (tertiary/aromatic N) is 1. The monoisotopic (exact) mass is 171 g/mol. The Bertz CT molecular complexity index is 183.